The summed E-state index contributed by atoms with van der Waals surface area (Å²) < 4.78 is 34.1. The van der Waals surface area contributed by atoms with E-state index < -0.39 is 11.6 Å². The van der Waals surface area contributed by atoms with E-state index in [4.69, 9.17) is 4.74 Å². The molecule has 0 saturated carbocycles. The number of benzene rings is 4. The number of phenolic OH excluding ortho intramolecular Hbond substituents is 1. The Labute approximate surface area is 238 Å². The third-order valence-electron chi connectivity index (χ3n) is 6.25. The maximum Gasteiger partial charge on any atom is 0.164 e. The van der Waals surface area contributed by atoms with E-state index in [9.17, 15) is 13.9 Å². The SMILES string of the molecule is Oc1ccc(Sc2ccc(OCc3cc(F)ccc3F)cc2N(c2ccccc2)c2ncnc3ncccc23)cc1. The number of aromatic hydroxyl groups is 1. The summed E-state index contributed by atoms with van der Waals surface area (Å²) in [6.07, 6.45) is 3.15. The van der Waals surface area contributed by atoms with Crippen LogP contribution in [-0.4, -0.2) is 20.1 Å². The number of halogens is 2. The number of rotatable bonds is 8. The summed E-state index contributed by atoms with van der Waals surface area (Å²) in [6.45, 7) is -0.154. The number of hydrogen-bond acceptors (Lipinski definition) is 7. The lowest BCUT2D eigenvalue weighted by molar-refractivity contribution is 0.299. The Morgan fingerprint density at radius 2 is 1.63 bits per heavy atom. The average Bonchev–Trinajstić information content (AvgIpc) is 3.00. The monoisotopic (exact) mass is 564 g/mol. The first-order chi connectivity index (χ1) is 20.0. The molecule has 0 bridgehead atoms. The first-order valence-corrected chi connectivity index (χ1v) is 13.5. The number of anilines is 3. The van der Waals surface area contributed by atoms with E-state index in [-0.39, 0.29) is 17.9 Å². The molecule has 0 saturated heterocycles. The zero-order valence-corrected chi connectivity index (χ0v) is 22.3. The molecular weight excluding hydrogens is 542 g/mol. The van der Waals surface area contributed by atoms with Crippen LogP contribution in [0.3, 0.4) is 0 Å². The molecule has 0 aliphatic heterocycles. The number of hydrogen-bond donors (Lipinski definition) is 1. The molecule has 202 valence electrons. The van der Waals surface area contributed by atoms with Crippen LogP contribution >= 0.6 is 11.8 Å². The van der Waals surface area contributed by atoms with Gasteiger partial charge in [0.2, 0.25) is 0 Å². The Bertz CT molecular complexity index is 1820. The summed E-state index contributed by atoms with van der Waals surface area (Å²) in [6, 6.07) is 29.2. The molecule has 9 heteroatoms. The summed E-state index contributed by atoms with van der Waals surface area (Å²) in [5.74, 6) is 0.155. The second kappa shape index (κ2) is 11.6. The molecule has 6 nitrogen and oxygen atoms in total. The molecule has 0 radical (unpaired) electrons. The molecule has 0 atom stereocenters. The van der Waals surface area contributed by atoms with Crippen molar-refractivity contribution in [2.45, 2.75) is 16.4 Å². The van der Waals surface area contributed by atoms with E-state index in [2.05, 4.69) is 15.0 Å². The van der Waals surface area contributed by atoms with Gasteiger partial charge in [-0.05, 0) is 78.9 Å². The third-order valence-corrected chi connectivity index (χ3v) is 7.32. The van der Waals surface area contributed by atoms with Gasteiger partial charge in [-0.15, -0.1) is 0 Å². The van der Waals surface area contributed by atoms with E-state index in [1.54, 1.807) is 24.4 Å². The van der Waals surface area contributed by atoms with Gasteiger partial charge in [0.1, 0.15) is 36.1 Å². The molecule has 6 rings (SSSR count). The first kappa shape index (κ1) is 26.2. The summed E-state index contributed by atoms with van der Waals surface area (Å²) in [4.78, 5) is 17.2. The van der Waals surface area contributed by atoms with E-state index in [1.807, 2.05) is 71.6 Å². The number of para-hydroxylation sites is 1. The van der Waals surface area contributed by atoms with E-state index >= 15 is 0 Å². The summed E-state index contributed by atoms with van der Waals surface area (Å²) in [7, 11) is 0. The van der Waals surface area contributed by atoms with Gasteiger partial charge < -0.3 is 9.84 Å². The minimum Gasteiger partial charge on any atom is -0.508 e. The van der Waals surface area contributed by atoms with Crippen LogP contribution in [0.15, 0.2) is 125 Å². The largest absolute Gasteiger partial charge is 0.508 e. The van der Waals surface area contributed by atoms with Gasteiger partial charge in [-0.2, -0.15) is 0 Å². The quantitative estimate of drug-likeness (QED) is 0.200. The van der Waals surface area contributed by atoms with Crippen LogP contribution in [0, 0.1) is 11.6 Å². The molecule has 0 unspecified atom stereocenters. The van der Waals surface area contributed by atoms with Crippen molar-refractivity contribution in [2.75, 3.05) is 4.90 Å². The minimum absolute atomic E-state index is 0.113. The van der Waals surface area contributed by atoms with Crippen LogP contribution in [0.5, 0.6) is 11.5 Å². The van der Waals surface area contributed by atoms with Crippen LogP contribution in [0.25, 0.3) is 11.0 Å². The molecule has 1 N–H and O–H groups in total. The number of phenols is 1. The van der Waals surface area contributed by atoms with E-state index in [0.29, 0.717) is 17.2 Å². The highest BCUT2D eigenvalue weighted by Crippen LogP contribution is 2.45. The summed E-state index contributed by atoms with van der Waals surface area (Å²) >= 11 is 1.50. The van der Waals surface area contributed by atoms with Gasteiger partial charge >= 0.3 is 0 Å². The van der Waals surface area contributed by atoms with Crippen LogP contribution in [0.2, 0.25) is 0 Å². The van der Waals surface area contributed by atoms with Gasteiger partial charge in [0, 0.05) is 33.3 Å². The average molecular weight is 565 g/mol. The number of nitrogens with zero attached hydrogens (tertiary/aromatic N) is 4. The smallest absolute Gasteiger partial charge is 0.164 e. The third kappa shape index (κ3) is 5.80. The lowest BCUT2D eigenvalue weighted by Crippen LogP contribution is -2.14. The Balaban J connectivity index is 1.49. The highest BCUT2D eigenvalue weighted by molar-refractivity contribution is 7.99. The van der Waals surface area contributed by atoms with Gasteiger partial charge in [0.15, 0.2) is 11.5 Å². The Kier molecular flexibility index (Phi) is 7.42. The van der Waals surface area contributed by atoms with Crippen LogP contribution in [0.4, 0.5) is 26.0 Å². The molecule has 6 aromatic rings. The lowest BCUT2D eigenvalue weighted by Gasteiger charge is -2.27. The van der Waals surface area contributed by atoms with Crippen LogP contribution in [0.1, 0.15) is 5.56 Å². The van der Waals surface area contributed by atoms with Crippen LogP contribution < -0.4 is 9.64 Å². The maximum absolute atomic E-state index is 14.3. The first-order valence-electron chi connectivity index (χ1n) is 12.6. The van der Waals surface area contributed by atoms with Crippen molar-refractivity contribution in [1.82, 2.24) is 15.0 Å². The Morgan fingerprint density at radius 1 is 0.805 bits per heavy atom. The van der Waals surface area contributed by atoms with Crippen molar-refractivity contribution in [3.05, 3.63) is 133 Å². The zero-order chi connectivity index (χ0) is 28.2. The zero-order valence-electron chi connectivity index (χ0n) is 21.5. The molecule has 0 fully saturated rings. The second-order valence-electron chi connectivity index (χ2n) is 8.99. The van der Waals surface area contributed by atoms with Gasteiger partial charge in [0.05, 0.1) is 11.1 Å². The van der Waals surface area contributed by atoms with Crippen molar-refractivity contribution in [2.24, 2.45) is 0 Å². The maximum atomic E-state index is 14.3. The van der Waals surface area contributed by atoms with Gasteiger partial charge in [0.25, 0.3) is 0 Å². The predicted molar refractivity (Wildman–Crippen MR) is 155 cm³/mol. The normalized spacial score (nSPS) is 11.0. The summed E-state index contributed by atoms with van der Waals surface area (Å²) in [5.41, 5.74) is 2.22. The number of fused-ring (bicyclic) bond motifs is 1. The van der Waals surface area contributed by atoms with E-state index in [0.717, 1.165) is 44.8 Å². The predicted octanol–water partition coefficient (Wildman–Crippen LogP) is 8.21. The molecule has 2 heterocycles. The van der Waals surface area contributed by atoms with Crippen molar-refractivity contribution >= 4 is 40.0 Å². The fraction of sp³-hybridized carbons (Fsp3) is 0.0312. The molecular formula is C32H22F2N4O2S. The fourth-order valence-corrected chi connectivity index (χ4v) is 5.23. The molecule has 41 heavy (non-hydrogen) atoms. The molecule has 0 spiro atoms. The van der Waals surface area contributed by atoms with Crippen molar-refractivity contribution in [3.63, 3.8) is 0 Å². The molecule has 0 aliphatic rings. The summed E-state index contributed by atoms with van der Waals surface area (Å²) in [5, 5.41) is 10.5. The van der Waals surface area contributed by atoms with Crippen molar-refractivity contribution in [1.29, 1.82) is 0 Å². The highest BCUT2D eigenvalue weighted by Gasteiger charge is 2.22. The van der Waals surface area contributed by atoms with Crippen LogP contribution in [-0.2, 0) is 6.61 Å². The lowest BCUT2D eigenvalue weighted by atomic mass is 10.2. The van der Waals surface area contributed by atoms with Gasteiger partial charge in [-0.3, -0.25) is 4.90 Å². The fourth-order valence-electron chi connectivity index (χ4n) is 4.32. The standard InChI is InChI=1S/C32H22F2N4O2S/c33-22-8-14-28(34)21(17-22)19-40-25-11-15-30(41-26-12-9-24(39)10-13-26)29(18-25)38(23-5-2-1-3-6-23)32-27-7-4-16-35-31(27)36-20-37-32/h1-18,20,39H,19H2. The highest BCUT2D eigenvalue weighted by atomic mass is 32.2. The molecule has 0 aliphatic carbocycles. The topological polar surface area (TPSA) is 71.4 Å². The van der Waals surface area contributed by atoms with Gasteiger partial charge in [-0.1, -0.05) is 30.0 Å². The Morgan fingerprint density at radius 3 is 2.46 bits per heavy atom. The van der Waals surface area contributed by atoms with Gasteiger partial charge in [-0.25, -0.2) is 23.7 Å². The number of pyridine rings is 1. The molecule has 4 aromatic carbocycles. The van der Waals surface area contributed by atoms with Crippen molar-refractivity contribution in [3.8, 4) is 11.5 Å². The molecule has 0 amide bonds. The number of aromatic nitrogens is 3. The minimum atomic E-state index is -0.544. The van der Waals surface area contributed by atoms with E-state index in [1.165, 1.54) is 18.1 Å². The second-order valence-corrected chi connectivity index (χ2v) is 10.1. The Hall–Kier alpha value is -5.02. The molecule has 2 aromatic heterocycles. The van der Waals surface area contributed by atoms with Crippen molar-refractivity contribution < 1.29 is 18.6 Å². The number of ether oxygens (including phenoxy) is 1.